The molecule has 180 valence electrons. The Labute approximate surface area is 206 Å². The molecule has 3 aliphatic rings. The molecule has 0 N–H and O–H groups in total. The SMILES string of the molecule is COc1ccc(C2=Cc3ccc(B4OC(C)(C)C(C)(C)O4)cc3CC2)cc1C1(C)CCCCC1. The minimum Gasteiger partial charge on any atom is -0.496 e. The first-order valence-corrected chi connectivity index (χ1v) is 13.0. The highest BCUT2D eigenvalue weighted by Crippen LogP contribution is 2.44. The Balaban J connectivity index is 1.43. The van der Waals surface area contributed by atoms with Crippen molar-refractivity contribution < 1.29 is 14.0 Å². The summed E-state index contributed by atoms with van der Waals surface area (Å²) in [7, 11) is 1.50. The number of allylic oxidation sites excluding steroid dienone is 1. The van der Waals surface area contributed by atoms with Gasteiger partial charge in [-0.05, 0) is 98.7 Å². The van der Waals surface area contributed by atoms with E-state index in [0.717, 1.165) is 24.1 Å². The quantitative estimate of drug-likeness (QED) is 0.477. The highest BCUT2D eigenvalue weighted by atomic mass is 16.7. The molecule has 2 aromatic carbocycles. The maximum atomic E-state index is 6.28. The van der Waals surface area contributed by atoms with E-state index in [1.165, 1.54) is 59.9 Å². The Hall–Kier alpha value is -2.04. The number of methoxy groups -OCH3 is 1. The molecule has 0 radical (unpaired) electrons. The summed E-state index contributed by atoms with van der Waals surface area (Å²) in [5.41, 5.74) is 7.52. The number of aryl methyl sites for hydroxylation is 1. The van der Waals surface area contributed by atoms with Crippen molar-refractivity contribution in [1.82, 2.24) is 0 Å². The Morgan fingerprint density at radius 3 is 2.21 bits per heavy atom. The molecule has 3 nitrogen and oxygen atoms in total. The summed E-state index contributed by atoms with van der Waals surface area (Å²) >= 11 is 0. The summed E-state index contributed by atoms with van der Waals surface area (Å²) in [6.45, 7) is 10.9. The average molecular weight is 458 g/mol. The molecule has 1 saturated carbocycles. The maximum Gasteiger partial charge on any atom is 0.494 e. The molecule has 1 saturated heterocycles. The number of hydrogen-bond donors (Lipinski definition) is 0. The van der Waals surface area contributed by atoms with E-state index in [0.29, 0.717) is 0 Å². The minimum absolute atomic E-state index is 0.213. The van der Waals surface area contributed by atoms with Gasteiger partial charge < -0.3 is 14.0 Å². The number of rotatable bonds is 4. The van der Waals surface area contributed by atoms with Crippen LogP contribution < -0.4 is 10.2 Å². The fourth-order valence-corrected chi connectivity index (χ4v) is 5.85. The van der Waals surface area contributed by atoms with Crippen molar-refractivity contribution in [3.05, 3.63) is 58.7 Å². The van der Waals surface area contributed by atoms with Crippen LogP contribution in [0.1, 0.15) is 95.4 Å². The van der Waals surface area contributed by atoms with E-state index in [1.54, 1.807) is 7.11 Å². The van der Waals surface area contributed by atoms with Gasteiger partial charge in [0, 0.05) is 5.56 Å². The summed E-state index contributed by atoms with van der Waals surface area (Å²) < 4.78 is 18.4. The summed E-state index contributed by atoms with van der Waals surface area (Å²) in [5, 5.41) is 0. The van der Waals surface area contributed by atoms with Crippen molar-refractivity contribution in [2.45, 2.75) is 96.2 Å². The highest BCUT2D eigenvalue weighted by Gasteiger charge is 2.51. The molecule has 0 spiro atoms. The normalized spacial score (nSPS) is 22.8. The van der Waals surface area contributed by atoms with Crippen molar-refractivity contribution in [2.75, 3.05) is 7.11 Å². The van der Waals surface area contributed by atoms with Gasteiger partial charge in [0.25, 0.3) is 0 Å². The van der Waals surface area contributed by atoms with Crippen LogP contribution in [0.4, 0.5) is 0 Å². The molecule has 0 bridgehead atoms. The van der Waals surface area contributed by atoms with Crippen molar-refractivity contribution >= 4 is 24.2 Å². The molecule has 1 heterocycles. The lowest BCUT2D eigenvalue weighted by Gasteiger charge is -2.35. The molecule has 0 unspecified atom stereocenters. The van der Waals surface area contributed by atoms with Crippen LogP contribution in [0.2, 0.25) is 0 Å². The molecule has 1 aliphatic heterocycles. The van der Waals surface area contributed by atoms with Crippen LogP contribution in [0.3, 0.4) is 0 Å². The second-order valence-corrected chi connectivity index (χ2v) is 11.8. The number of benzene rings is 2. The zero-order valence-electron chi connectivity index (χ0n) is 21.8. The fraction of sp³-hybridized carbons (Fsp3) is 0.533. The smallest absolute Gasteiger partial charge is 0.494 e. The van der Waals surface area contributed by atoms with Crippen molar-refractivity contribution in [1.29, 1.82) is 0 Å². The van der Waals surface area contributed by atoms with Gasteiger partial charge in [-0.3, -0.25) is 0 Å². The van der Waals surface area contributed by atoms with E-state index in [4.69, 9.17) is 14.0 Å². The summed E-state index contributed by atoms with van der Waals surface area (Å²) in [5.74, 6) is 1.04. The molecule has 2 aliphatic carbocycles. The van der Waals surface area contributed by atoms with Crippen LogP contribution in [-0.2, 0) is 21.1 Å². The summed E-state index contributed by atoms with van der Waals surface area (Å²) in [6, 6.07) is 13.5. The Morgan fingerprint density at radius 1 is 0.824 bits per heavy atom. The first-order valence-electron chi connectivity index (χ1n) is 13.0. The van der Waals surface area contributed by atoms with Crippen LogP contribution in [0.5, 0.6) is 5.75 Å². The zero-order valence-corrected chi connectivity index (χ0v) is 21.8. The van der Waals surface area contributed by atoms with E-state index in [9.17, 15) is 0 Å². The Morgan fingerprint density at radius 2 is 1.53 bits per heavy atom. The highest BCUT2D eigenvalue weighted by molar-refractivity contribution is 6.62. The van der Waals surface area contributed by atoms with Gasteiger partial charge in [-0.1, -0.05) is 56.5 Å². The third-order valence-electron chi connectivity index (χ3n) is 8.86. The first-order chi connectivity index (χ1) is 16.1. The van der Waals surface area contributed by atoms with Gasteiger partial charge in [0.1, 0.15) is 5.75 Å². The molecule has 5 rings (SSSR count). The van der Waals surface area contributed by atoms with Crippen LogP contribution in [0.25, 0.3) is 11.6 Å². The van der Waals surface area contributed by atoms with Gasteiger partial charge in [-0.15, -0.1) is 0 Å². The molecule has 34 heavy (non-hydrogen) atoms. The largest absolute Gasteiger partial charge is 0.496 e. The second kappa shape index (κ2) is 8.57. The summed E-state index contributed by atoms with van der Waals surface area (Å²) in [6.07, 6.45) is 10.9. The van der Waals surface area contributed by atoms with Crippen LogP contribution in [0.15, 0.2) is 36.4 Å². The van der Waals surface area contributed by atoms with E-state index < -0.39 is 0 Å². The third-order valence-corrected chi connectivity index (χ3v) is 8.86. The minimum atomic E-state index is -0.318. The van der Waals surface area contributed by atoms with Gasteiger partial charge in [-0.25, -0.2) is 0 Å². The van der Waals surface area contributed by atoms with Gasteiger partial charge >= 0.3 is 7.12 Å². The third kappa shape index (κ3) is 4.14. The predicted octanol–water partition coefficient (Wildman–Crippen LogP) is 6.70. The van der Waals surface area contributed by atoms with E-state index in [-0.39, 0.29) is 23.7 Å². The first kappa shape index (κ1) is 23.7. The number of hydrogen-bond acceptors (Lipinski definition) is 3. The van der Waals surface area contributed by atoms with E-state index in [2.05, 4.69) is 77.1 Å². The maximum absolute atomic E-state index is 6.28. The van der Waals surface area contributed by atoms with E-state index >= 15 is 0 Å². The Bertz CT molecular complexity index is 1090. The van der Waals surface area contributed by atoms with Crippen LogP contribution in [0, 0.1) is 0 Å². The molecular weight excluding hydrogens is 419 g/mol. The lowest BCUT2D eigenvalue weighted by Crippen LogP contribution is -2.41. The Kier molecular flexibility index (Phi) is 5.97. The fourth-order valence-electron chi connectivity index (χ4n) is 5.85. The van der Waals surface area contributed by atoms with Gasteiger partial charge in [0.15, 0.2) is 0 Å². The molecule has 4 heteroatoms. The van der Waals surface area contributed by atoms with Crippen molar-refractivity contribution in [3.63, 3.8) is 0 Å². The molecule has 0 atom stereocenters. The second-order valence-electron chi connectivity index (χ2n) is 11.8. The lowest BCUT2D eigenvalue weighted by atomic mass is 9.70. The predicted molar refractivity (Wildman–Crippen MR) is 142 cm³/mol. The standard InChI is InChI=1S/C30H39BO3/c1-28(2)29(3,4)34-31(33-28)25-14-12-22-18-21(10-11-23(22)19-25)24-13-15-27(32-6)26(20-24)30(5)16-8-7-9-17-30/h12-15,18-20H,7-11,16-17H2,1-6H3. The molecule has 0 aromatic heterocycles. The molecule has 2 aromatic rings. The van der Waals surface area contributed by atoms with Crippen molar-refractivity contribution in [3.8, 4) is 5.75 Å². The average Bonchev–Trinajstić information content (AvgIpc) is 3.05. The van der Waals surface area contributed by atoms with E-state index in [1.807, 2.05) is 0 Å². The zero-order chi connectivity index (χ0) is 24.1. The monoisotopic (exact) mass is 458 g/mol. The van der Waals surface area contributed by atoms with Crippen LogP contribution >= 0.6 is 0 Å². The van der Waals surface area contributed by atoms with Crippen molar-refractivity contribution in [2.24, 2.45) is 0 Å². The summed E-state index contributed by atoms with van der Waals surface area (Å²) in [4.78, 5) is 0. The van der Waals surface area contributed by atoms with Crippen LogP contribution in [-0.4, -0.2) is 25.4 Å². The number of ether oxygens (including phenoxy) is 1. The topological polar surface area (TPSA) is 27.7 Å². The van der Waals surface area contributed by atoms with Gasteiger partial charge in [0.05, 0.1) is 18.3 Å². The molecule has 2 fully saturated rings. The van der Waals surface area contributed by atoms with Gasteiger partial charge in [-0.2, -0.15) is 0 Å². The lowest BCUT2D eigenvalue weighted by molar-refractivity contribution is 0.00578. The number of fused-ring (bicyclic) bond motifs is 1. The molecular formula is C30H39BO3. The van der Waals surface area contributed by atoms with Gasteiger partial charge in [0.2, 0.25) is 0 Å². The molecule has 0 amide bonds.